The van der Waals surface area contributed by atoms with E-state index in [9.17, 15) is 9.18 Å². The van der Waals surface area contributed by atoms with Gasteiger partial charge in [-0.1, -0.05) is 6.07 Å². The van der Waals surface area contributed by atoms with E-state index in [-0.39, 0.29) is 24.9 Å². The van der Waals surface area contributed by atoms with Crippen LogP contribution in [0.15, 0.2) is 54.4 Å². The molecule has 9 heteroatoms. The number of hydrogen-bond acceptors (Lipinski definition) is 6. The van der Waals surface area contributed by atoms with E-state index in [2.05, 4.69) is 15.3 Å². The summed E-state index contributed by atoms with van der Waals surface area (Å²) in [7, 11) is 0. The smallest absolute Gasteiger partial charge is 0.258 e. The van der Waals surface area contributed by atoms with Gasteiger partial charge in [-0.3, -0.25) is 4.79 Å². The molecule has 0 aliphatic heterocycles. The molecule has 5 aromatic rings. The number of rotatable bonds is 6. The molecule has 31 heavy (non-hydrogen) atoms. The first-order valence-electron chi connectivity index (χ1n) is 9.52. The van der Waals surface area contributed by atoms with Crippen molar-refractivity contribution in [2.24, 2.45) is 0 Å². The van der Waals surface area contributed by atoms with Crippen molar-refractivity contribution in [3.05, 3.63) is 70.8 Å². The van der Waals surface area contributed by atoms with Gasteiger partial charge in [-0.25, -0.2) is 14.4 Å². The van der Waals surface area contributed by atoms with Gasteiger partial charge >= 0.3 is 0 Å². The first-order valence-corrected chi connectivity index (χ1v) is 11.2. The Hall–Kier alpha value is -3.30. The van der Waals surface area contributed by atoms with Crippen LogP contribution in [-0.4, -0.2) is 27.0 Å². The topological polar surface area (TPSA) is 69.0 Å². The second-order valence-corrected chi connectivity index (χ2v) is 9.09. The Kier molecular flexibility index (Phi) is 5.13. The van der Waals surface area contributed by atoms with Gasteiger partial charge in [0.1, 0.15) is 11.6 Å². The summed E-state index contributed by atoms with van der Waals surface area (Å²) >= 11 is 3.21. The lowest BCUT2D eigenvalue weighted by Crippen LogP contribution is -2.28. The van der Waals surface area contributed by atoms with Crippen LogP contribution in [0.1, 0.15) is 10.6 Å². The number of thiazole rings is 1. The predicted molar refractivity (Wildman–Crippen MR) is 121 cm³/mol. The molecule has 0 unspecified atom stereocenters. The van der Waals surface area contributed by atoms with E-state index in [0.717, 1.165) is 25.3 Å². The molecule has 2 aromatic carbocycles. The number of thiophene rings is 1. The van der Waals surface area contributed by atoms with E-state index in [4.69, 9.17) is 4.74 Å². The summed E-state index contributed by atoms with van der Waals surface area (Å²) in [6.45, 7) is 2.07. The number of amides is 1. The van der Waals surface area contributed by atoms with Gasteiger partial charge in [0.15, 0.2) is 6.61 Å². The molecule has 6 nitrogen and oxygen atoms in total. The third-order valence-corrected chi connectivity index (χ3v) is 6.65. The van der Waals surface area contributed by atoms with Gasteiger partial charge in [0.2, 0.25) is 0 Å². The number of ether oxygens (including phenoxy) is 1. The zero-order valence-corrected chi connectivity index (χ0v) is 18.1. The third-order valence-electron chi connectivity index (χ3n) is 4.81. The highest BCUT2D eigenvalue weighted by molar-refractivity contribution is 7.21. The average molecular weight is 453 g/mol. The third kappa shape index (κ3) is 3.89. The molecule has 1 amide bonds. The van der Waals surface area contributed by atoms with E-state index < -0.39 is 0 Å². The Morgan fingerprint density at radius 3 is 3.00 bits per heavy atom. The van der Waals surface area contributed by atoms with Crippen molar-refractivity contribution in [2.75, 3.05) is 6.61 Å². The molecule has 0 saturated heterocycles. The summed E-state index contributed by atoms with van der Waals surface area (Å²) in [5.74, 6) is 0.00957. The van der Waals surface area contributed by atoms with Crippen LogP contribution in [0.3, 0.4) is 0 Å². The second kappa shape index (κ2) is 8.09. The average Bonchev–Trinajstić information content (AvgIpc) is 3.50. The highest BCUT2D eigenvalue weighted by atomic mass is 32.1. The number of benzene rings is 2. The molecule has 156 valence electrons. The second-order valence-electron chi connectivity index (χ2n) is 6.94. The number of aromatic nitrogens is 3. The maximum atomic E-state index is 14.4. The molecule has 3 aromatic heterocycles. The van der Waals surface area contributed by atoms with Crippen LogP contribution in [-0.2, 0) is 11.3 Å². The predicted octanol–water partition coefficient (Wildman–Crippen LogP) is 4.84. The van der Waals surface area contributed by atoms with E-state index in [1.165, 1.54) is 12.4 Å². The molecule has 0 saturated carbocycles. The molecule has 0 fully saturated rings. The first kappa shape index (κ1) is 19.7. The fraction of sp³-hybridized carbons (Fsp3) is 0.136. The number of aryl methyl sites for hydroxylation is 1. The SMILES string of the molecule is Cc1nc2c(cc(OCC(=O)NCc3ccc(-n4ccnc4)c(F)c3)c3ccsc32)s1. The Bertz CT molecular complexity index is 1390. The number of carbonyl (C=O) groups is 1. The molecule has 0 aliphatic carbocycles. The summed E-state index contributed by atoms with van der Waals surface area (Å²) in [6, 6.07) is 8.76. The van der Waals surface area contributed by atoms with E-state index >= 15 is 0 Å². The molecule has 0 bridgehead atoms. The van der Waals surface area contributed by atoms with Crippen LogP contribution in [0, 0.1) is 12.7 Å². The highest BCUT2D eigenvalue weighted by Gasteiger charge is 2.14. The Balaban J connectivity index is 1.24. The van der Waals surface area contributed by atoms with Crippen molar-refractivity contribution < 1.29 is 13.9 Å². The first-order chi connectivity index (χ1) is 15.1. The van der Waals surface area contributed by atoms with E-state index in [1.54, 1.807) is 51.8 Å². The highest BCUT2D eigenvalue weighted by Crippen LogP contribution is 2.38. The lowest BCUT2D eigenvalue weighted by molar-refractivity contribution is -0.123. The summed E-state index contributed by atoms with van der Waals surface area (Å²) in [5, 5.41) is 6.71. The van der Waals surface area contributed by atoms with Gasteiger partial charge in [-0.15, -0.1) is 22.7 Å². The Morgan fingerprint density at radius 1 is 1.29 bits per heavy atom. The van der Waals surface area contributed by atoms with Gasteiger partial charge in [0.05, 0.1) is 31.9 Å². The minimum atomic E-state index is -0.381. The molecule has 0 spiro atoms. The minimum absolute atomic E-state index is 0.121. The van der Waals surface area contributed by atoms with Gasteiger partial charge in [0.25, 0.3) is 5.91 Å². The lowest BCUT2D eigenvalue weighted by Gasteiger charge is -2.10. The lowest BCUT2D eigenvalue weighted by atomic mass is 10.2. The van der Waals surface area contributed by atoms with Gasteiger partial charge in [-0.05, 0) is 36.1 Å². The largest absolute Gasteiger partial charge is 0.483 e. The van der Waals surface area contributed by atoms with Crippen molar-refractivity contribution in [1.29, 1.82) is 0 Å². The van der Waals surface area contributed by atoms with Crippen LogP contribution in [0.25, 0.3) is 26.0 Å². The van der Waals surface area contributed by atoms with Crippen LogP contribution in [0.4, 0.5) is 4.39 Å². The molecular formula is C22H17FN4O2S2. The van der Waals surface area contributed by atoms with Crippen molar-refractivity contribution in [2.45, 2.75) is 13.5 Å². The molecule has 1 N–H and O–H groups in total. The van der Waals surface area contributed by atoms with Crippen LogP contribution in [0.5, 0.6) is 5.75 Å². The number of nitrogens with zero attached hydrogens (tertiary/aromatic N) is 3. The normalized spacial score (nSPS) is 11.3. The fourth-order valence-corrected chi connectivity index (χ4v) is 5.21. The standard InChI is InChI=1S/C22H17FN4O2S2/c1-13-26-21-19(31-13)9-18(15-4-7-30-22(15)21)29-11-20(28)25-10-14-2-3-17(16(23)8-14)27-6-5-24-12-27/h2-9,12H,10-11H2,1H3,(H,25,28). The van der Waals surface area contributed by atoms with Crippen LogP contribution < -0.4 is 10.1 Å². The zero-order chi connectivity index (χ0) is 21.4. The van der Waals surface area contributed by atoms with Crippen molar-refractivity contribution in [1.82, 2.24) is 19.9 Å². The van der Waals surface area contributed by atoms with E-state index in [1.807, 2.05) is 24.4 Å². The maximum absolute atomic E-state index is 14.4. The zero-order valence-electron chi connectivity index (χ0n) is 16.5. The number of fused-ring (bicyclic) bond motifs is 3. The summed E-state index contributed by atoms with van der Waals surface area (Å²) in [4.78, 5) is 20.8. The van der Waals surface area contributed by atoms with Gasteiger partial charge in [-0.2, -0.15) is 0 Å². The van der Waals surface area contributed by atoms with Crippen LogP contribution in [0.2, 0.25) is 0 Å². The molecule has 0 aliphatic rings. The summed E-state index contributed by atoms with van der Waals surface area (Å²) in [5.41, 5.74) is 2.05. The number of hydrogen-bond donors (Lipinski definition) is 1. The number of carbonyl (C=O) groups excluding carboxylic acids is 1. The molecule has 3 heterocycles. The summed E-state index contributed by atoms with van der Waals surface area (Å²) < 4.78 is 23.9. The maximum Gasteiger partial charge on any atom is 0.258 e. The fourth-order valence-electron chi connectivity index (χ4n) is 3.37. The molecule has 0 radical (unpaired) electrons. The van der Waals surface area contributed by atoms with Gasteiger partial charge < -0.3 is 14.6 Å². The van der Waals surface area contributed by atoms with Gasteiger partial charge in [0, 0.05) is 30.4 Å². The molecular weight excluding hydrogens is 435 g/mol. The quantitative estimate of drug-likeness (QED) is 0.400. The summed E-state index contributed by atoms with van der Waals surface area (Å²) in [6.07, 6.45) is 4.80. The van der Waals surface area contributed by atoms with Crippen molar-refractivity contribution in [3.8, 4) is 11.4 Å². The number of nitrogens with one attached hydrogen (secondary N) is 1. The number of imidazole rings is 1. The monoisotopic (exact) mass is 452 g/mol. The Labute approximate surface area is 184 Å². The van der Waals surface area contributed by atoms with Crippen LogP contribution >= 0.6 is 22.7 Å². The molecule has 5 rings (SSSR count). The van der Waals surface area contributed by atoms with E-state index in [0.29, 0.717) is 17.0 Å². The van der Waals surface area contributed by atoms with Crippen molar-refractivity contribution >= 4 is 48.9 Å². The minimum Gasteiger partial charge on any atom is -0.483 e. The number of halogens is 1. The Morgan fingerprint density at radius 2 is 2.19 bits per heavy atom. The van der Waals surface area contributed by atoms with Crippen molar-refractivity contribution in [3.63, 3.8) is 0 Å². The molecule has 0 atom stereocenters.